The van der Waals surface area contributed by atoms with Gasteiger partial charge in [-0.15, -0.1) is 0 Å². The molecule has 118 valence electrons. The van der Waals surface area contributed by atoms with E-state index >= 15 is 0 Å². The van der Waals surface area contributed by atoms with Crippen LogP contribution in [-0.4, -0.2) is 51.4 Å². The minimum absolute atomic E-state index is 0.278. The summed E-state index contributed by atoms with van der Waals surface area (Å²) in [5, 5.41) is 0. The van der Waals surface area contributed by atoms with Gasteiger partial charge in [-0.25, -0.2) is 17.1 Å². The van der Waals surface area contributed by atoms with E-state index in [-0.39, 0.29) is 16.5 Å². The Morgan fingerprint density at radius 2 is 2.14 bits per heavy atom. The van der Waals surface area contributed by atoms with Gasteiger partial charge in [0.1, 0.15) is 10.7 Å². The molecule has 21 heavy (non-hydrogen) atoms. The minimum Gasteiger partial charge on any atom is -0.398 e. The Morgan fingerprint density at radius 3 is 2.71 bits per heavy atom. The highest BCUT2D eigenvalue weighted by molar-refractivity contribution is 7.89. The molecule has 1 saturated heterocycles. The third kappa shape index (κ3) is 3.36. The van der Waals surface area contributed by atoms with Crippen LogP contribution in [0.2, 0.25) is 0 Å². The Kier molecular flexibility index (Phi) is 4.55. The number of anilines is 1. The van der Waals surface area contributed by atoms with Crippen molar-refractivity contribution in [3.8, 4) is 0 Å². The fourth-order valence-electron chi connectivity index (χ4n) is 2.67. The summed E-state index contributed by atoms with van der Waals surface area (Å²) in [6.07, 6.45) is 0.953. The number of nitrogens with two attached hydrogens (primary N) is 1. The lowest BCUT2D eigenvalue weighted by atomic mass is 10.1. The molecule has 1 aliphatic rings. The first-order valence-corrected chi connectivity index (χ1v) is 8.36. The maximum Gasteiger partial charge on any atom is 0.245 e. The van der Waals surface area contributed by atoms with Gasteiger partial charge in [-0.3, -0.25) is 0 Å². The summed E-state index contributed by atoms with van der Waals surface area (Å²) >= 11 is 0. The topological polar surface area (TPSA) is 66.6 Å². The Labute approximate surface area is 125 Å². The summed E-state index contributed by atoms with van der Waals surface area (Å²) in [5.74, 6) is -0.474. The third-order valence-corrected chi connectivity index (χ3v) is 5.85. The van der Waals surface area contributed by atoms with Crippen molar-refractivity contribution in [3.63, 3.8) is 0 Å². The van der Waals surface area contributed by atoms with Gasteiger partial charge in [-0.05, 0) is 50.6 Å². The van der Waals surface area contributed by atoms with E-state index in [1.807, 2.05) is 7.05 Å². The molecular formula is C14H22FN3O2S. The van der Waals surface area contributed by atoms with Crippen LogP contribution >= 0.6 is 0 Å². The van der Waals surface area contributed by atoms with Crippen molar-refractivity contribution in [2.75, 3.05) is 39.5 Å². The van der Waals surface area contributed by atoms with Gasteiger partial charge in [0.25, 0.3) is 0 Å². The molecule has 0 bridgehead atoms. The van der Waals surface area contributed by atoms with Gasteiger partial charge in [-0.1, -0.05) is 0 Å². The van der Waals surface area contributed by atoms with E-state index in [4.69, 9.17) is 5.73 Å². The number of hydrogen-bond acceptors (Lipinski definition) is 4. The molecule has 1 fully saturated rings. The van der Waals surface area contributed by atoms with E-state index in [0.29, 0.717) is 12.1 Å². The summed E-state index contributed by atoms with van der Waals surface area (Å²) in [4.78, 5) is 1.81. The second-order valence-electron chi connectivity index (χ2n) is 5.84. The maximum absolute atomic E-state index is 14.0. The Bertz CT molecular complexity index is 633. The molecule has 0 amide bonds. The fourth-order valence-corrected chi connectivity index (χ4v) is 4.00. The average molecular weight is 315 g/mol. The van der Waals surface area contributed by atoms with Crippen molar-refractivity contribution in [2.24, 2.45) is 5.92 Å². The molecule has 1 heterocycles. The van der Waals surface area contributed by atoms with Crippen LogP contribution < -0.4 is 5.73 Å². The van der Waals surface area contributed by atoms with Gasteiger partial charge in [0, 0.05) is 25.8 Å². The number of halogens is 1. The van der Waals surface area contributed by atoms with Gasteiger partial charge in [0.05, 0.1) is 0 Å². The first-order chi connectivity index (χ1) is 9.71. The van der Waals surface area contributed by atoms with E-state index in [9.17, 15) is 12.8 Å². The molecule has 1 aromatic carbocycles. The van der Waals surface area contributed by atoms with Crippen LogP contribution in [0.25, 0.3) is 0 Å². The molecule has 1 atom stereocenters. The zero-order chi connectivity index (χ0) is 15.8. The second-order valence-corrected chi connectivity index (χ2v) is 7.86. The lowest BCUT2D eigenvalue weighted by Gasteiger charge is -2.21. The number of likely N-dealkylation sites (tertiary alicyclic amines) is 1. The maximum atomic E-state index is 14.0. The summed E-state index contributed by atoms with van der Waals surface area (Å²) in [7, 11) is -0.356. The van der Waals surface area contributed by atoms with Crippen molar-refractivity contribution < 1.29 is 12.8 Å². The SMILES string of the molecule is Cc1cc(F)c(S(=O)(=O)N(C)CC2CCN(C)C2)cc1N. The summed E-state index contributed by atoms with van der Waals surface area (Å²) in [5.41, 5.74) is 6.53. The van der Waals surface area contributed by atoms with E-state index in [1.165, 1.54) is 23.5 Å². The van der Waals surface area contributed by atoms with Crippen molar-refractivity contribution in [3.05, 3.63) is 23.5 Å². The average Bonchev–Trinajstić information content (AvgIpc) is 2.79. The first-order valence-electron chi connectivity index (χ1n) is 6.92. The summed E-state index contributed by atoms with van der Waals surface area (Å²) in [6, 6.07) is 2.37. The number of sulfonamides is 1. The predicted molar refractivity (Wildman–Crippen MR) is 81.0 cm³/mol. The zero-order valence-corrected chi connectivity index (χ0v) is 13.5. The number of nitrogens with zero attached hydrogens (tertiary/aromatic N) is 2. The molecule has 1 aliphatic heterocycles. The van der Waals surface area contributed by atoms with Crippen LogP contribution in [0.3, 0.4) is 0 Å². The van der Waals surface area contributed by atoms with Gasteiger partial charge >= 0.3 is 0 Å². The highest BCUT2D eigenvalue weighted by Gasteiger charge is 2.29. The number of rotatable bonds is 4. The number of nitrogen functional groups attached to an aromatic ring is 1. The summed E-state index contributed by atoms with van der Waals surface area (Å²) < 4.78 is 40.2. The second kappa shape index (κ2) is 5.90. The normalized spacial score (nSPS) is 20.3. The van der Waals surface area contributed by atoms with Crippen LogP contribution in [0, 0.1) is 18.7 Å². The lowest BCUT2D eigenvalue weighted by Crippen LogP contribution is -2.33. The molecule has 1 unspecified atom stereocenters. The number of hydrogen-bond donors (Lipinski definition) is 1. The molecule has 0 spiro atoms. The standard InChI is InChI=1S/C14H22FN3O2S/c1-10-6-12(15)14(7-13(10)16)21(19,20)18(3)9-11-4-5-17(2)8-11/h6-7,11H,4-5,8-9,16H2,1-3H3. The van der Waals surface area contributed by atoms with Crippen LogP contribution in [0.5, 0.6) is 0 Å². The third-order valence-electron chi connectivity index (χ3n) is 4.01. The Morgan fingerprint density at radius 1 is 1.48 bits per heavy atom. The number of benzene rings is 1. The van der Waals surface area contributed by atoms with E-state index in [2.05, 4.69) is 4.90 Å². The van der Waals surface area contributed by atoms with Crippen molar-refractivity contribution in [1.29, 1.82) is 0 Å². The molecule has 2 N–H and O–H groups in total. The Hall–Kier alpha value is -1.18. The van der Waals surface area contributed by atoms with E-state index in [0.717, 1.165) is 19.5 Å². The van der Waals surface area contributed by atoms with Crippen LogP contribution in [0.4, 0.5) is 10.1 Å². The molecule has 0 saturated carbocycles. The number of aryl methyl sites for hydroxylation is 1. The van der Waals surface area contributed by atoms with Crippen molar-refractivity contribution in [1.82, 2.24) is 9.21 Å². The quantitative estimate of drug-likeness (QED) is 0.850. The van der Waals surface area contributed by atoms with E-state index < -0.39 is 15.8 Å². The van der Waals surface area contributed by atoms with Gasteiger partial charge in [0.2, 0.25) is 10.0 Å². The molecular weight excluding hydrogens is 293 g/mol. The molecule has 5 nitrogen and oxygen atoms in total. The highest BCUT2D eigenvalue weighted by atomic mass is 32.2. The molecule has 2 rings (SSSR count). The van der Waals surface area contributed by atoms with Gasteiger partial charge in [0.15, 0.2) is 0 Å². The van der Waals surface area contributed by atoms with Crippen LogP contribution in [0.15, 0.2) is 17.0 Å². The van der Waals surface area contributed by atoms with Crippen molar-refractivity contribution in [2.45, 2.75) is 18.2 Å². The smallest absolute Gasteiger partial charge is 0.245 e. The molecule has 0 aliphatic carbocycles. The largest absolute Gasteiger partial charge is 0.398 e. The highest BCUT2D eigenvalue weighted by Crippen LogP contribution is 2.25. The molecule has 0 aromatic heterocycles. The molecule has 7 heteroatoms. The van der Waals surface area contributed by atoms with Crippen LogP contribution in [0.1, 0.15) is 12.0 Å². The van der Waals surface area contributed by atoms with Gasteiger partial charge in [-0.2, -0.15) is 0 Å². The predicted octanol–water partition coefficient (Wildman–Crippen LogP) is 1.29. The minimum atomic E-state index is -3.85. The Balaban J connectivity index is 2.23. The monoisotopic (exact) mass is 315 g/mol. The zero-order valence-electron chi connectivity index (χ0n) is 12.6. The lowest BCUT2D eigenvalue weighted by molar-refractivity contribution is 0.356. The van der Waals surface area contributed by atoms with Crippen molar-refractivity contribution >= 4 is 15.7 Å². The first kappa shape index (κ1) is 16.2. The fraction of sp³-hybridized carbons (Fsp3) is 0.571. The van der Waals surface area contributed by atoms with Crippen LogP contribution in [-0.2, 0) is 10.0 Å². The summed E-state index contributed by atoms with van der Waals surface area (Å²) in [6.45, 7) is 3.86. The van der Waals surface area contributed by atoms with Gasteiger partial charge < -0.3 is 10.6 Å². The molecule has 0 radical (unpaired) electrons. The van der Waals surface area contributed by atoms with E-state index in [1.54, 1.807) is 6.92 Å². The molecule has 1 aromatic rings.